The minimum Gasteiger partial charge on any atom is -0.497 e. The van der Waals surface area contributed by atoms with Gasteiger partial charge in [-0.3, -0.25) is 19.9 Å². The number of carbonyl (C=O) groups excluding carboxylic acids is 3. The molecule has 4 amide bonds. The van der Waals surface area contributed by atoms with Crippen LogP contribution in [0.25, 0.3) is 11.3 Å². The normalized spacial score (nSPS) is 19.7. The van der Waals surface area contributed by atoms with Crippen molar-refractivity contribution in [1.29, 1.82) is 0 Å². The van der Waals surface area contributed by atoms with Crippen LogP contribution < -0.4 is 21.1 Å². The molecule has 1 saturated heterocycles. The topological polar surface area (TPSA) is 140 Å². The van der Waals surface area contributed by atoms with Gasteiger partial charge in [-0.25, -0.2) is 9.78 Å². The number of nitrogens with two attached hydrogens (primary N) is 1. The quantitative estimate of drug-likeness (QED) is 0.500. The number of carbonyl (C=O) groups is 3. The number of nitrogen functional groups attached to an aromatic ring is 1. The number of aromatic nitrogens is 2. The number of methoxy groups -OCH3 is 1. The highest BCUT2D eigenvalue weighted by molar-refractivity contribution is 7.13. The maximum Gasteiger partial charge on any atom is 0.322 e. The largest absolute Gasteiger partial charge is 0.497 e. The highest BCUT2D eigenvalue weighted by Gasteiger charge is 2.50. The Morgan fingerprint density at radius 2 is 2.09 bits per heavy atom. The Labute approximate surface area is 186 Å². The average Bonchev–Trinajstić information content (AvgIpc) is 3.44. The van der Waals surface area contributed by atoms with Gasteiger partial charge in [0.25, 0.3) is 11.8 Å². The van der Waals surface area contributed by atoms with Gasteiger partial charge in [0.1, 0.15) is 5.75 Å². The molecule has 1 fully saturated rings. The maximum absolute atomic E-state index is 13.1. The predicted molar refractivity (Wildman–Crippen MR) is 116 cm³/mol. The zero-order valence-corrected chi connectivity index (χ0v) is 17.7. The van der Waals surface area contributed by atoms with Crippen LogP contribution in [0.4, 0.5) is 9.93 Å². The molecule has 0 unspecified atom stereocenters. The van der Waals surface area contributed by atoms with Gasteiger partial charge in [-0.2, -0.15) is 0 Å². The molecule has 32 heavy (non-hydrogen) atoms. The second-order valence-electron chi connectivity index (χ2n) is 7.53. The molecule has 0 saturated carbocycles. The summed E-state index contributed by atoms with van der Waals surface area (Å²) >= 11 is 1.29. The van der Waals surface area contributed by atoms with Gasteiger partial charge >= 0.3 is 6.03 Å². The van der Waals surface area contributed by atoms with E-state index in [-0.39, 0.29) is 12.5 Å². The lowest BCUT2D eigenvalue weighted by atomic mass is 9.89. The molecule has 5 rings (SSSR count). The Bertz CT molecular complexity index is 1270. The van der Waals surface area contributed by atoms with Crippen LogP contribution in [0.15, 0.2) is 42.0 Å². The highest BCUT2D eigenvalue weighted by Crippen LogP contribution is 2.34. The zero-order valence-electron chi connectivity index (χ0n) is 16.9. The molecular weight excluding hydrogens is 432 g/mol. The Morgan fingerprint density at radius 3 is 2.78 bits per heavy atom. The smallest absolute Gasteiger partial charge is 0.322 e. The number of hydrogen-bond donors (Lipinski definition) is 3. The Kier molecular flexibility index (Phi) is 4.55. The number of nitrogens with zero attached hydrogens (tertiary/aromatic N) is 3. The van der Waals surface area contributed by atoms with Crippen molar-refractivity contribution in [1.82, 2.24) is 25.5 Å². The first-order chi connectivity index (χ1) is 15.4. The van der Waals surface area contributed by atoms with E-state index in [1.165, 1.54) is 29.5 Å². The molecule has 11 heteroatoms. The van der Waals surface area contributed by atoms with Crippen molar-refractivity contribution in [3.8, 4) is 17.0 Å². The van der Waals surface area contributed by atoms with E-state index in [1.54, 1.807) is 29.8 Å². The first-order valence-electron chi connectivity index (χ1n) is 9.66. The summed E-state index contributed by atoms with van der Waals surface area (Å²) in [4.78, 5) is 48.3. The Hall–Kier alpha value is -3.99. The van der Waals surface area contributed by atoms with Gasteiger partial charge in [0, 0.05) is 41.0 Å². The summed E-state index contributed by atoms with van der Waals surface area (Å²) in [7, 11) is 1.53. The molecule has 3 aromatic rings. The van der Waals surface area contributed by atoms with E-state index >= 15 is 0 Å². The van der Waals surface area contributed by atoms with E-state index in [0.717, 1.165) is 5.56 Å². The van der Waals surface area contributed by atoms with Crippen molar-refractivity contribution in [3.05, 3.63) is 58.7 Å². The first kappa shape index (κ1) is 19.9. The van der Waals surface area contributed by atoms with E-state index in [0.29, 0.717) is 39.8 Å². The minimum absolute atomic E-state index is 0.0647. The lowest BCUT2D eigenvalue weighted by molar-refractivity contribution is -0.124. The van der Waals surface area contributed by atoms with E-state index in [4.69, 9.17) is 10.5 Å². The Morgan fingerprint density at radius 1 is 1.25 bits per heavy atom. The standard InChI is InChI=1S/C21H18N6O4S/c1-31-14-3-2-11-8-27(17(28)15(11)5-14)10-21(18(29)25-20(30)26-21)13-4-12(6-23-7-13)16-9-32-19(22)24-16/h2-7,9H,8,10H2,1H3,(H2,22,24)(H2,25,26,29,30)/t21-/m0/s1. The van der Waals surface area contributed by atoms with Crippen molar-refractivity contribution in [2.24, 2.45) is 0 Å². The molecule has 2 aliphatic heterocycles. The first-order valence-corrected chi connectivity index (χ1v) is 10.5. The Balaban J connectivity index is 1.53. The summed E-state index contributed by atoms with van der Waals surface area (Å²) in [5, 5.41) is 7.19. The van der Waals surface area contributed by atoms with Crippen LogP contribution in [0, 0.1) is 0 Å². The fourth-order valence-electron chi connectivity index (χ4n) is 4.01. The number of rotatable bonds is 5. The van der Waals surface area contributed by atoms with Gasteiger partial charge in [-0.15, -0.1) is 11.3 Å². The number of nitrogens with one attached hydrogen (secondary N) is 2. The monoisotopic (exact) mass is 450 g/mol. The second-order valence-corrected chi connectivity index (χ2v) is 8.42. The van der Waals surface area contributed by atoms with Gasteiger partial charge in [-0.05, 0) is 23.8 Å². The number of benzene rings is 1. The molecule has 2 aromatic heterocycles. The summed E-state index contributed by atoms with van der Waals surface area (Å²) in [5.74, 6) is -0.232. The molecule has 1 aromatic carbocycles. The number of thiazole rings is 1. The molecule has 0 aliphatic carbocycles. The number of amides is 4. The second kappa shape index (κ2) is 7.31. The number of imide groups is 1. The molecule has 2 aliphatic rings. The van der Waals surface area contributed by atoms with Crippen molar-refractivity contribution >= 4 is 34.3 Å². The number of hydrogen-bond acceptors (Lipinski definition) is 8. The lowest BCUT2D eigenvalue weighted by Gasteiger charge is -2.31. The van der Waals surface area contributed by atoms with Gasteiger partial charge < -0.3 is 20.7 Å². The summed E-state index contributed by atoms with van der Waals surface area (Å²) in [5.41, 5.74) is 7.26. The van der Waals surface area contributed by atoms with Crippen LogP contribution in [0.2, 0.25) is 0 Å². The highest BCUT2D eigenvalue weighted by atomic mass is 32.1. The van der Waals surface area contributed by atoms with Crippen molar-refractivity contribution < 1.29 is 19.1 Å². The molecule has 0 radical (unpaired) electrons. The molecule has 4 heterocycles. The molecule has 0 bridgehead atoms. The third kappa shape index (κ3) is 3.14. The van der Waals surface area contributed by atoms with Crippen LogP contribution >= 0.6 is 11.3 Å². The fourth-order valence-corrected chi connectivity index (χ4v) is 4.58. The van der Waals surface area contributed by atoms with Gasteiger partial charge in [-0.1, -0.05) is 6.07 Å². The van der Waals surface area contributed by atoms with Crippen LogP contribution in [0.3, 0.4) is 0 Å². The summed E-state index contributed by atoms with van der Waals surface area (Å²) < 4.78 is 5.22. The molecule has 1 atom stereocenters. The summed E-state index contributed by atoms with van der Waals surface area (Å²) in [6, 6.07) is 6.36. The number of pyridine rings is 1. The van der Waals surface area contributed by atoms with Crippen molar-refractivity contribution in [2.75, 3.05) is 19.4 Å². The van der Waals surface area contributed by atoms with Crippen molar-refractivity contribution in [2.45, 2.75) is 12.1 Å². The van der Waals surface area contributed by atoms with E-state index in [1.807, 2.05) is 6.07 Å². The molecule has 0 spiro atoms. The van der Waals surface area contributed by atoms with Gasteiger partial charge in [0.2, 0.25) is 0 Å². The number of urea groups is 1. The third-order valence-electron chi connectivity index (χ3n) is 5.61. The molecule has 162 valence electrons. The molecular formula is C21H18N6O4S. The third-order valence-corrected chi connectivity index (χ3v) is 6.29. The van der Waals surface area contributed by atoms with Crippen molar-refractivity contribution in [3.63, 3.8) is 0 Å². The fraction of sp³-hybridized carbons (Fsp3) is 0.190. The number of anilines is 1. The number of fused-ring (bicyclic) bond motifs is 1. The lowest BCUT2D eigenvalue weighted by Crippen LogP contribution is -2.52. The average molecular weight is 450 g/mol. The van der Waals surface area contributed by atoms with Crippen LogP contribution in [-0.2, 0) is 16.9 Å². The van der Waals surface area contributed by atoms with Gasteiger partial charge in [0.05, 0.1) is 19.3 Å². The summed E-state index contributed by atoms with van der Waals surface area (Å²) in [6.45, 7) is 0.240. The number of ether oxygens (including phenoxy) is 1. The molecule has 4 N–H and O–H groups in total. The van der Waals surface area contributed by atoms with E-state index < -0.39 is 17.5 Å². The van der Waals surface area contributed by atoms with Gasteiger partial charge in [0.15, 0.2) is 10.7 Å². The van der Waals surface area contributed by atoms with E-state index in [9.17, 15) is 14.4 Å². The summed E-state index contributed by atoms with van der Waals surface area (Å²) in [6.07, 6.45) is 3.10. The van der Waals surface area contributed by atoms with Crippen LogP contribution in [0.5, 0.6) is 5.75 Å². The predicted octanol–water partition coefficient (Wildman–Crippen LogP) is 1.49. The van der Waals surface area contributed by atoms with E-state index in [2.05, 4.69) is 20.6 Å². The maximum atomic E-state index is 13.1. The minimum atomic E-state index is -1.50. The molecule has 10 nitrogen and oxygen atoms in total. The van der Waals surface area contributed by atoms with Crippen LogP contribution in [-0.4, -0.2) is 46.4 Å². The zero-order chi connectivity index (χ0) is 22.5. The SMILES string of the molecule is COc1ccc2c(c1)C(=O)N(C[C@@]1(c3cncc(-c4csc(N)n4)c3)NC(=O)NC1=O)C2. The van der Waals surface area contributed by atoms with Crippen LogP contribution in [0.1, 0.15) is 21.5 Å².